The van der Waals surface area contributed by atoms with Crippen molar-refractivity contribution in [2.75, 3.05) is 0 Å². The molecule has 0 spiro atoms. The Hall–Kier alpha value is -2.68. The van der Waals surface area contributed by atoms with E-state index in [0.29, 0.717) is 17.8 Å². The number of Topliss-reactive ketones (excluding diaryl/α,β-unsaturated/α-hetero) is 2. The number of allylic oxidation sites excluding steroid dienone is 1. The van der Waals surface area contributed by atoms with Gasteiger partial charge in [-0.1, -0.05) is 47.5 Å². The van der Waals surface area contributed by atoms with Gasteiger partial charge in [0.05, 0.1) is 6.26 Å². The Balaban J connectivity index is 0.000000152. The van der Waals surface area contributed by atoms with Crippen molar-refractivity contribution in [3.63, 3.8) is 0 Å². The molecule has 1 N–H and O–H groups in total. The minimum atomic E-state index is -0.0336. The first-order chi connectivity index (χ1) is 12.5. The van der Waals surface area contributed by atoms with Gasteiger partial charge in [-0.2, -0.15) is 0 Å². The molecule has 2 aromatic rings. The van der Waals surface area contributed by atoms with Gasteiger partial charge in [0.1, 0.15) is 0 Å². The van der Waals surface area contributed by atoms with Crippen LogP contribution < -0.4 is 0 Å². The fourth-order valence-corrected chi connectivity index (χ4v) is 3.61. The highest BCUT2D eigenvalue weighted by Crippen LogP contribution is 2.25. The lowest BCUT2D eigenvalue weighted by molar-refractivity contribution is 0.0971. The average Bonchev–Trinajstić information content (AvgIpc) is 2.62. The third-order valence-corrected chi connectivity index (χ3v) is 5.03. The molecule has 26 heavy (non-hydrogen) atoms. The molecular weight excluding hydrogens is 324 g/mol. The van der Waals surface area contributed by atoms with E-state index in [4.69, 9.17) is 5.11 Å². The Kier molecular flexibility index (Phi) is 5.36. The lowest BCUT2D eigenvalue weighted by atomic mass is 9.87. The minimum absolute atomic E-state index is 0.0336. The molecule has 0 fully saturated rings. The number of carbonyl (C=O) groups excluding carboxylic acids is 2. The molecule has 4 rings (SSSR count). The smallest absolute Gasteiger partial charge is 0.192 e. The Morgan fingerprint density at radius 1 is 0.808 bits per heavy atom. The van der Waals surface area contributed by atoms with Crippen LogP contribution in [0.2, 0.25) is 0 Å². The molecule has 0 saturated carbocycles. The fraction of sp³-hybridized carbons (Fsp3) is 0.304. The predicted octanol–water partition coefficient (Wildman–Crippen LogP) is 5.08. The average molecular weight is 348 g/mol. The number of rotatable bonds is 0. The number of benzene rings is 2. The van der Waals surface area contributed by atoms with Crippen LogP contribution in [0.1, 0.15) is 62.2 Å². The number of fused-ring (bicyclic) bond motifs is 2. The largest absolute Gasteiger partial charge is 0.515 e. The summed E-state index contributed by atoms with van der Waals surface area (Å²) < 4.78 is 0. The lowest BCUT2D eigenvalue weighted by Gasteiger charge is -2.16. The van der Waals surface area contributed by atoms with Gasteiger partial charge in [0.15, 0.2) is 11.6 Å². The van der Waals surface area contributed by atoms with E-state index in [1.165, 1.54) is 16.7 Å². The van der Waals surface area contributed by atoms with Crippen molar-refractivity contribution in [1.29, 1.82) is 0 Å². The van der Waals surface area contributed by atoms with E-state index in [2.05, 4.69) is 13.0 Å². The number of aliphatic hydroxyl groups is 1. The van der Waals surface area contributed by atoms with Gasteiger partial charge < -0.3 is 5.11 Å². The van der Waals surface area contributed by atoms with Gasteiger partial charge in [0.25, 0.3) is 0 Å². The van der Waals surface area contributed by atoms with E-state index in [0.717, 1.165) is 48.6 Å². The molecular formula is C23H24O3. The van der Waals surface area contributed by atoms with Crippen LogP contribution in [0.5, 0.6) is 0 Å². The molecule has 0 saturated heterocycles. The molecule has 3 nitrogen and oxygen atoms in total. The van der Waals surface area contributed by atoms with Crippen molar-refractivity contribution in [2.45, 2.75) is 46.0 Å². The third-order valence-electron chi connectivity index (χ3n) is 5.03. The van der Waals surface area contributed by atoms with Crippen LogP contribution >= 0.6 is 0 Å². The summed E-state index contributed by atoms with van der Waals surface area (Å²) in [5.74, 6) is 0.282. The number of aliphatic hydroxyl groups excluding tert-OH is 1. The number of carbonyl (C=O) groups is 2. The Morgan fingerprint density at radius 2 is 1.42 bits per heavy atom. The minimum Gasteiger partial charge on any atom is -0.515 e. The van der Waals surface area contributed by atoms with Crippen molar-refractivity contribution in [3.8, 4) is 0 Å². The topological polar surface area (TPSA) is 54.4 Å². The van der Waals surface area contributed by atoms with Gasteiger partial charge in [0, 0.05) is 23.1 Å². The van der Waals surface area contributed by atoms with Crippen LogP contribution in [0.15, 0.2) is 48.2 Å². The maximum absolute atomic E-state index is 11.7. The monoisotopic (exact) mass is 348 g/mol. The molecule has 0 aromatic heterocycles. The molecule has 0 radical (unpaired) electrons. The van der Waals surface area contributed by atoms with Crippen LogP contribution in [0.4, 0.5) is 0 Å². The molecule has 134 valence electrons. The first kappa shape index (κ1) is 18.1. The van der Waals surface area contributed by atoms with Gasteiger partial charge in [0.2, 0.25) is 0 Å². The van der Waals surface area contributed by atoms with E-state index in [-0.39, 0.29) is 5.78 Å². The summed E-state index contributed by atoms with van der Waals surface area (Å²) in [6.45, 7) is 4.08. The second-order valence-corrected chi connectivity index (χ2v) is 7.08. The molecule has 2 aliphatic rings. The van der Waals surface area contributed by atoms with Gasteiger partial charge >= 0.3 is 0 Å². The summed E-state index contributed by atoms with van der Waals surface area (Å²) in [6.07, 6.45) is 5.25. The van der Waals surface area contributed by atoms with E-state index in [9.17, 15) is 9.59 Å². The number of aryl methyl sites for hydroxylation is 4. The zero-order chi connectivity index (χ0) is 18.7. The first-order valence-electron chi connectivity index (χ1n) is 9.10. The zero-order valence-corrected chi connectivity index (χ0v) is 15.3. The van der Waals surface area contributed by atoms with Crippen molar-refractivity contribution in [1.82, 2.24) is 0 Å². The maximum Gasteiger partial charge on any atom is 0.192 e. The van der Waals surface area contributed by atoms with Crippen LogP contribution in [-0.2, 0) is 12.8 Å². The third kappa shape index (κ3) is 3.77. The summed E-state index contributed by atoms with van der Waals surface area (Å²) >= 11 is 0. The van der Waals surface area contributed by atoms with Crippen molar-refractivity contribution < 1.29 is 14.7 Å². The van der Waals surface area contributed by atoms with Crippen LogP contribution in [0.3, 0.4) is 0 Å². The van der Waals surface area contributed by atoms with Crippen LogP contribution in [-0.4, -0.2) is 16.7 Å². The highest BCUT2D eigenvalue weighted by molar-refractivity contribution is 6.10. The summed E-state index contributed by atoms with van der Waals surface area (Å²) in [5.41, 5.74) is 6.97. The normalized spacial score (nSPS) is 17.2. The molecule has 0 bridgehead atoms. The summed E-state index contributed by atoms with van der Waals surface area (Å²) in [6, 6.07) is 11.9. The molecule has 0 aliphatic heterocycles. The second-order valence-electron chi connectivity index (χ2n) is 7.08. The quantitative estimate of drug-likeness (QED) is 0.533. The van der Waals surface area contributed by atoms with E-state index in [1.54, 1.807) is 0 Å². The van der Waals surface area contributed by atoms with Crippen molar-refractivity contribution in [2.24, 2.45) is 0 Å². The fourth-order valence-electron chi connectivity index (χ4n) is 3.61. The Morgan fingerprint density at radius 3 is 2.08 bits per heavy atom. The molecule has 2 aliphatic carbocycles. The summed E-state index contributed by atoms with van der Waals surface area (Å²) in [5, 5.41) is 8.86. The van der Waals surface area contributed by atoms with E-state index < -0.39 is 0 Å². The number of hydrogen-bond donors (Lipinski definition) is 1. The molecule has 0 atom stereocenters. The Bertz CT molecular complexity index is 890. The molecule has 2 aromatic carbocycles. The molecule has 3 heteroatoms. The van der Waals surface area contributed by atoms with Gasteiger partial charge in [-0.25, -0.2) is 0 Å². The summed E-state index contributed by atoms with van der Waals surface area (Å²) in [4.78, 5) is 23.1. The number of hydrogen-bond acceptors (Lipinski definition) is 3. The zero-order valence-electron chi connectivity index (χ0n) is 15.3. The second kappa shape index (κ2) is 7.69. The van der Waals surface area contributed by atoms with Gasteiger partial charge in [-0.3, -0.25) is 9.59 Å². The van der Waals surface area contributed by atoms with Crippen LogP contribution in [0, 0.1) is 13.8 Å². The molecule has 0 amide bonds. The first-order valence-corrected chi connectivity index (χ1v) is 9.10. The lowest BCUT2D eigenvalue weighted by Crippen LogP contribution is -2.14. The standard InChI is InChI=1S/C12H12O2.C11H12O/c1-8-2-5-11-9(6-8)3-4-10(7-13)12(11)14;1-8-5-6-10-9(7-8)3-2-4-11(10)12/h2,5-7,13H,3-4H2,1H3;5-7H,2-4H2,1H3. The van der Waals surface area contributed by atoms with Gasteiger partial charge in [-0.05, 0) is 50.7 Å². The van der Waals surface area contributed by atoms with Crippen LogP contribution in [0.25, 0.3) is 0 Å². The number of ketones is 2. The highest BCUT2D eigenvalue weighted by atomic mass is 16.2. The van der Waals surface area contributed by atoms with Gasteiger partial charge in [-0.15, -0.1) is 0 Å². The summed E-state index contributed by atoms with van der Waals surface area (Å²) in [7, 11) is 0. The highest BCUT2D eigenvalue weighted by Gasteiger charge is 2.21. The molecule has 0 unspecified atom stereocenters. The van der Waals surface area contributed by atoms with E-state index in [1.807, 2.05) is 37.3 Å². The van der Waals surface area contributed by atoms with Crippen molar-refractivity contribution in [3.05, 3.63) is 81.6 Å². The maximum atomic E-state index is 11.7. The van der Waals surface area contributed by atoms with Crippen molar-refractivity contribution >= 4 is 11.6 Å². The predicted molar refractivity (Wildman–Crippen MR) is 103 cm³/mol. The SMILES string of the molecule is Cc1ccc2c(c1)CCC(=CO)C2=O.Cc1ccc2c(c1)CCCC2=O. The molecule has 0 heterocycles. The van der Waals surface area contributed by atoms with E-state index >= 15 is 0 Å². The Labute approximate surface area is 154 Å².